The van der Waals surface area contributed by atoms with Crippen molar-refractivity contribution in [2.75, 3.05) is 12.4 Å². The number of methoxy groups -OCH3 is 1. The Bertz CT molecular complexity index is 1090. The van der Waals surface area contributed by atoms with Gasteiger partial charge in [0.2, 0.25) is 0 Å². The van der Waals surface area contributed by atoms with Crippen LogP contribution in [0.5, 0.6) is 5.75 Å². The van der Waals surface area contributed by atoms with Crippen molar-refractivity contribution >= 4 is 32.6 Å². The number of carbonyl (C=O) groups is 1. The van der Waals surface area contributed by atoms with Gasteiger partial charge >= 0.3 is 0 Å². The molecule has 0 atom stereocenters. The molecular weight excluding hydrogens is 348 g/mol. The molecule has 26 heavy (non-hydrogen) atoms. The molecule has 0 unspecified atom stereocenters. The van der Waals surface area contributed by atoms with E-state index in [2.05, 4.69) is 15.4 Å². The number of para-hydroxylation sites is 1. The van der Waals surface area contributed by atoms with Crippen LogP contribution < -0.4 is 10.1 Å². The molecule has 0 saturated heterocycles. The van der Waals surface area contributed by atoms with Crippen LogP contribution in [0, 0.1) is 6.92 Å². The Morgan fingerprint density at radius 3 is 2.77 bits per heavy atom. The predicted molar refractivity (Wildman–Crippen MR) is 102 cm³/mol. The van der Waals surface area contributed by atoms with E-state index in [4.69, 9.17) is 4.74 Å². The topological polar surface area (TPSA) is 69.0 Å². The fraction of sp³-hybridized carbons (Fsp3) is 0.105. The van der Waals surface area contributed by atoms with E-state index in [0.29, 0.717) is 10.9 Å². The Kier molecular flexibility index (Phi) is 4.14. The van der Waals surface area contributed by atoms with E-state index in [9.17, 15) is 4.79 Å². The summed E-state index contributed by atoms with van der Waals surface area (Å²) in [5.74, 6) is 0.0515. The summed E-state index contributed by atoms with van der Waals surface area (Å²) >= 11 is 1.43. The Balaban J connectivity index is 1.63. The van der Waals surface area contributed by atoms with Crippen molar-refractivity contribution in [1.82, 2.24) is 14.8 Å². The monoisotopic (exact) mass is 364 g/mol. The Morgan fingerprint density at radius 2 is 2.00 bits per heavy atom. The minimum atomic E-state index is -0.354. The molecule has 2 aromatic carbocycles. The smallest absolute Gasteiger partial charge is 0.281 e. The predicted octanol–water partition coefficient (Wildman–Crippen LogP) is 4.05. The number of ether oxygens (including phenoxy) is 1. The van der Waals surface area contributed by atoms with Gasteiger partial charge in [-0.15, -0.1) is 0 Å². The lowest BCUT2D eigenvalue weighted by atomic mass is 10.2. The largest absolute Gasteiger partial charge is 0.493 e. The number of hydrogen-bond acceptors (Lipinski definition) is 5. The third kappa shape index (κ3) is 3.04. The molecule has 130 valence electrons. The minimum absolute atomic E-state index is 0.215. The number of nitrogens with zero attached hydrogens (tertiary/aromatic N) is 3. The van der Waals surface area contributed by atoms with Crippen LogP contribution >= 0.6 is 11.3 Å². The Hall–Kier alpha value is -3.19. The zero-order valence-corrected chi connectivity index (χ0v) is 15.1. The van der Waals surface area contributed by atoms with Crippen LogP contribution in [0.2, 0.25) is 0 Å². The van der Waals surface area contributed by atoms with Gasteiger partial charge in [0, 0.05) is 0 Å². The number of carbonyl (C=O) groups excluding carboxylic acids is 1. The molecule has 0 radical (unpaired) electrons. The average Bonchev–Trinajstić information content (AvgIpc) is 3.25. The lowest BCUT2D eigenvalue weighted by molar-refractivity contribution is 0.101. The van der Waals surface area contributed by atoms with Gasteiger partial charge in [-0.3, -0.25) is 10.1 Å². The molecule has 1 amide bonds. The lowest BCUT2D eigenvalue weighted by Crippen LogP contribution is -2.14. The first-order valence-corrected chi connectivity index (χ1v) is 8.83. The van der Waals surface area contributed by atoms with Crippen molar-refractivity contribution in [3.8, 4) is 11.4 Å². The van der Waals surface area contributed by atoms with Gasteiger partial charge in [-0.05, 0) is 36.8 Å². The average molecular weight is 364 g/mol. The first-order valence-electron chi connectivity index (χ1n) is 8.01. The normalized spacial score (nSPS) is 10.8. The number of amides is 1. The van der Waals surface area contributed by atoms with E-state index in [1.165, 1.54) is 18.4 Å². The first-order chi connectivity index (χ1) is 12.6. The van der Waals surface area contributed by atoms with Gasteiger partial charge in [0.05, 0.1) is 29.2 Å². The third-order valence-electron chi connectivity index (χ3n) is 3.90. The van der Waals surface area contributed by atoms with E-state index in [0.717, 1.165) is 21.5 Å². The molecule has 0 bridgehead atoms. The maximum atomic E-state index is 12.7. The first kappa shape index (κ1) is 16.3. The number of benzene rings is 2. The molecule has 0 spiro atoms. The van der Waals surface area contributed by atoms with E-state index >= 15 is 0 Å². The highest BCUT2D eigenvalue weighted by Gasteiger charge is 2.19. The second-order valence-electron chi connectivity index (χ2n) is 5.77. The van der Waals surface area contributed by atoms with Gasteiger partial charge in [-0.25, -0.2) is 9.67 Å². The second kappa shape index (κ2) is 6.61. The van der Waals surface area contributed by atoms with E-state index < -0.39 is 0 Å². The summed E-state index contributed by atoms with van der Waals surface area (Å²) in [7, 11) is 1.52. The number of nitrogens with one attached hydrogen (secondary N) is 1. The van der Waals surface area contributed by atoms with Crippen LogP contribution in [-0.2, 0) is 0 Å². The zero-order chi connectivity index (χ0) is 18.1. The number of hydrogen-bond donors (Lipinski definition) is 1. The summed E-state index contributed by atoms with van der Waals surface area (Å²) < 4.78 is 7.97. The van der Waals surface area contributed by atoms with Gasteiger partial charge in [0.1, 0.15) is 0 Å². The van der Waals surface area contributed by atoms with Crippen LogP contribution in [0.25, 0.3) is 15.9 Å². The maximum absolute atomic E-state index is 12.7. The third-order valence-corrected chi connectivity index (χ3v) is 4.83. The molecule has 0 aliphatic carbocycles. The second-order valence-corrected chi connectivity index (χ2v) is 6.80. The number of aromatic nitrogens is 3. The molecule has 6 nitrogen and oxygen atoms in total. The minimum Gasteiger partial charge on any atom is -0.493 e. The molecule has 2 aromatic heterocycles. The summed E-state index contributed by atoms with van der Waals surface area (Å²) in [5.41, 5.74) is 3.08. The number of fused-ring (bicyclic) bond motifs is 1. The van der Waals surface area contributed by atoms with Crippen molar-refractivity contribution < 1.29 is 9.53 Å². The van der Waals surface area contributed by atoms with Crippen LogP contribution in [-0.4, -0.2) is 27.8 Å². The van der Waals surface area contributed by atoms with Crippen LogP contribution in [0.15, 0.2) is 54.7 Å². The zero-order valence-electron chi connectivity index (χ0n) is 14.3. The lowest BCUT2D eigenvalue weighted by Gasteiger charge is -2.00. The molecule has 0 aliphatic rings. The Labute approximate surface area is 154 Å². The van der Waals surface area contributed by atoms with Crippen LogP contribution in [0.1, 0.15) is 16.1 Å². The number of aryl methyl sites for hydroxylation is 1. The highest BCUT2D eigenvalue weighted by Crippen LogP contribution is 2.28. The summed E-state index contributed by atoms with van der Waals surface area (Å²) in [6.45, 7) is 2.03. The van der Waals surface area contributed by atoms with E-state index in [1.807, 2.05) is 55.5 Å². The quantitative estimate of drug-likeness (QED) is 0.593. The molecule has 0 saturated carbocycles. The molecule has 0 fully saturated rings. The van der Waals surface area contributed by atoms with E-state index in [1.54, 1.807) is 10.9 Å². The highest BCUT2D eigenvalue weighted by atomic mass is 32.1. The number of rotatable bonds is 4. The molecule has 1 N–H and O–H groups in total. The van der Waals surface area contributed by atoms with Gasteiger partial charge < -0.3 is 4.74 Å². The standard InChI is InChI=1S/C19H16N4O2S/c1-12-8-9-14-16(10-12)26-19(20-14)21-18(24)17-15(25-2)11-23(22-17)13-6-4-3-5-7-13/h3-11H,1-2H3,(H,20,21,24). The van der Waals surface area contributed by atoms with Crippen LogP contribution in [0.4, 0.5) is 5.13 Å². The SMILES string of the molecule is COc1cn(-c2ccccc2)nc1C(=O)Nc1nc2ccc(C)cc2s1. The fourth-order valence-corrected chi connectivity index (χ4v) is 3.58. The number of thiazole rings is 1. The van der Waals surface area contributed by atoms with Gasteiger partial charge in [0.25, 0.3) is 5.91 Å². The van der Waals surface area contributed by atoms with Crippen LogP contribution in [0.3, 0.4) is 0 Å². The summed E-state index contributed by atoms with van der Waals surface area (Å²) in [5, 5.41) is 7.73. The van der Waals surface area contributed by atoms with Crippen molar-refractivity contribution in [2.24, 2.45) is 0 Å². The molecule has 2 heterocycles. The van der Waals surface area contributed by atoms with Crippen molar-refractivity contribution in [1.29, 1.82) is 0 Å². The molecular formula is C19H16N4O2S. The van der Waals surface area contributed by atoms with Gasteiger partial charge in [-0.2, -0.15) is 5.10 Å². The molecule has 0 aliphatic heterocycles. The molecule has 7 heteroatoms. The van der Waals surface area contributed by atoms with Gasteiger partial charge in [-0.1, -0.05) is 35.6 Å². The molecule has 4 rings (SSSR count). The van der Waals surface area contributed by atoms with E-state index in [-0.39, 0.29) is 11.6 Å². The van der Waals surface area contributed by atoms with Crippen molar-refractivity contribution in [3.05, 3.63) is 66.0 Å². The maximum Gasteiger partial charge on any atom is 0.281 e. The van der Waals surface area contributed by atoms with Gasteiger partial charge in [0.15, 0.2) is 16.6 Å². The summed E-state index contributed by atoms with van der Waals surface area (Å²) in [4.78, 5) is 17.1. The van der Waals surface area contributed by atoms with Crippen molar-refractivity contribution in [2.45, 2.75) is 6.92 Å². The molecule has 4 aromatic rings. The number of anilines is 1. The summed E-state index contributed by atoms with van der Waals surface area (Å²) in [6.07, 6.45) is 1.69. The highest BCUT2D eigenvalue weighted by molar-refractivity contribution is 7.22. The Morgan fingerprint density at radius 1 is 1.19 bits per heavy atom. The van der Waals surface area contributed by atoms with Crippen molar-refractivity contribution in [3.63, 3.8) is 0 Å². The summed E-state index contributed by atoms with van der Waals surface area (Å²) in [6, 6.07) is 15.5. The fourth-order valence-electron chi connectivity index (χ4n) is 2.62.